The monoisotopic (exact) mass is 288 g/mol. The van der Waals surface area contributed by atoms with Crippen LogP contribution < -0.4 is 11.1 Å². The van der Waals surface area contributed by atoms with Crippen LogP contribution in [0.2, 0.25) is 0 Å². The van der Waals surface area contributed by atoms with Crippen molar-refractivity contribution in [3.8, 4) is 0 Å². The van der Waals surface area contributed by atoms with Gasteiger partial charge in [-0.1, -0.05) is 15.9 Å². The molecule has 0 saturated carbocycles. The fourth-order valence-corrected chi connectivity index (χ4v) is 1.82. The first-order valence-corrected chi connectivity index (χ1v) is 6.29. The predicted molar refractivity (Wildman–Crippen MR) is 68.9 cm³/mol. The van der Waals surface area contributed by atoms with Gasteiger partial charge in [0.1, 0.15) is 5.82 Å². The van der Waals surface area contributed by atoms with Gasteiger partial charge in [0.05, 0.1) is 0 Å². The maximum absolute atomic E-state index is 13.3. The van der Waals surface area contributed by atoms with Gasteiger partial charge in [0.15, 0.2) is 0 Å². The van der Waals surface area contributed by atoms with Gasteiger partial charge in [-0.15, -0.1) is 0 Å². The molecule has 0 saturated heterocycles. The number of halogens is 2. The van der Waals surface area contributed by atoms with Gasteiger partial charge in [0.2, 0.25) is 0 Å². The second-order valence-corrected chi connectivity index (χ2v) is 4.92. The highest BCUT2D eigenvalue weighted by Gasteiger charge is 2.02. The van der Waals surface area contributed by atoms with E-state index in [4.69, 9.17) is 5.73 Å². The fraction of sp³-hybridized carbons (Fsp3) is 0.500. The Bertz CT molecular complexity index is 329. The van der Waals surface area contributed by atoms with E-state index in [1.54, 1.807) is 6.07 Å². The molecule has 0 heterocycles. The quantitative estimate of drug-likeness (QED) is 0.789. The molecular formula is C12H18BrFN2. The number of nitrogens with one attached hydrogen (secondary N) is 1. The zero-order chi connectivity index (χ0) is 12.0. The number of benzene rings is 1. The van der Waals surface area contributed by atoms with Gasteiger partial charge in [0, 0.05) is 10.5 Å². The SMILES string of the molecule is CC(N)CCNCCc1cc(Br)ccc1F. The minimum Gasteiger partial charge on any atom is -0.328 e. The van der Waals surface area contributed by atoms with E-state index in [1.807, 2.05) is 13.0 Å². The molecule has 1 unspecified atom stereocenters. The Labute approximate surface area is 105 Å². The lowest BCUT2D eigenvalue weighted by Crippen LogP contribution is -2.25. The first-order chi connectivity index (χ1) is 7.59. The molecule has 0 spiro atoms. The molecule has 0 aliphatic rings. The van der Waals surface area contributed by atoms with Crippen LogP contribution in [0.5, 0.6) is 0 Å². The number of hydrogen-bond donors (Lipinski definition) is 2. The Morgan fingerprint density at radius 2 is 2.19 bits per heavy atom. The molecule has 1 atom stereocenters. The summed E-state index contributed by atoms with van der Waals surface area (Å²) < 4.78 is 14.3. The third-order valence-electron chi connectivity index (χ3n) is 2.36. The molecule has 1 aromatic carbocycles. The van der Waals surface area contributed by atoms with Crippen LogP contribution in [0.4, 0.5) is 4.39 Å². The standard InChI is InChI=1S/C12H18BrFN2/c1-9(15)4-6-16-7-5-10-8-11(13)2-3-12(10)14/h2-3,8-9,16H,4-7,15H2,1H3. The molecular weight excluding hydrogens is 271 g/mol. The third-order valence-corrected chi connectivity index (χ3v) is 2.85. The third kappa shape index (κ3) is 5.05. The number of rotatable bonds is 6. The molecule has 2 nitrogen and oxygen atoms in total. The maximum Gasteiger partial charge on any atom is 0.126 e. The molecule has 0 bridgehead atoms. The molecule has 0 aliphatic heterocycles. The van der Waals surface area contributed by atoms with Crippen LogP contribution in [0.1, 0.15) is 18.9 Å². The van der Waals surface area contributed by atoms with Crippen LogP contribution in [0, 0.1) is 5.82 Å². The lowest BCUT2D eigenvalue weighted by atomic mass is 10.1. The molecule has 0 fully saturated rings. The van der Waals surface area contributed by atoms with E-state index in [9.17, 15) is 4.39 Å². The van der Waals surface area contributed by atoms with Crippen LogP contribution in [0.3, 0.4) is 0 Å². The summed E-state index contributed by atoms with van der Waals surface area (Å²) in [7, 11) is 0. The number of nitrogens with two attached hydrogens (primary N) is 1. The summed E-state index contributed by atoms with van der Waals surface area (Å²) in [5.41, 5.74) is 6.36. The number of hydrogen-bond acceptors (Lipinski definition) is 2. The van der Waals surface area contributed by atoms with E-state index in [-0.39, 0.29) is 11.9 Å². The van der Waals surface area contributed by atoms with Crippen molar-refractivity contribution in [3.05, 3.63) is 34.1 Å². The largest absolute Gasteiger partial charge is 0.328 e. The Morgan fingerprint density at radius 1 is 1.44 bits per heavy atom. The van der Waals surface area contributed by atoms with Crippen molar-refractivity contribution in [1.82, 2.24) is 5.32 Å². The highest BCUT2D eigenvalue weighted by atomic mass is 79.9. The highest BCUT2D eigenvalue weighted by Crippen LogP contribution is 2.15. The summed E-state index contributed by atoms with van der Waals surface area (Å²) in [5.74, 6) is -0.141. The van der Waals surface area contributed by atoms with Crippen molar-refractivity contribution < 1.29 is 4.39 Å². The summed E-state index contributed by atoms with van der Waals surface area (Å²) in [6, 6.07) is 5.24. The van der Waals surface area contributed by atoms with E-state index < -0.39 is 0 Å². The minimum absolute atomic E-state index is 0.141. The average molecular weight is 289 g/mol. The molecule has 16 heavy (non-hydrogen) atoms. The highest BCUT2D eigenvalue weighted by molar-refractivity contribution is 9.10. The van der Waals surface area contributed by atoms with E-state index in [1.165, 1.54) is 6.07 Å². The van der Waals surface area contributed by atoms with Crippen molar-refractivity contribution in [2.75, 3.05) is 13.1 Å². The summed E-state index contributed by atoms with van der Waals surface area (Å²) in [4.78, 5) is 0. The van der Waals surface area contributed by atoms with Gasteiger partial charge >= 0.3 is 0 Å². The Hall–Kier alpha value is -0.450. The Morgan fingerprint density at radius 3 is 2.88 bits per heavy atom. The molecule has 4 heteroatoms. The maximum atomic E-state index is 13.3. The summed E-state index contributed by atoms with van der Waals surface area (Å²) in [5, 5.41) is 3.25. The van der Waals surface area contributed by atoms with Crippen molar-refractivity contribution in [1.29, 1.82) is 0 Å². The zero-order valence-corrected chi connectivity index (χ0v) is 11.1. The smallest absolute Gasteiger partial charge is 0.126 e. The van der Waals surface area contributed by atoms with Crippen LogP contribution >= 0.6 is 15.9 Å². The minimum atomic E-state index is -0.141. The van der Waals surface area contributed by atoms with Gasteiger partial charge in [-0.2, -0.15) is 0 Å². The molecule has 3 N–H and O–H groups in total. The normalized spacial score (nSPS) is 12.8. The van der Waals surface area contributed by atoms with Crippen molar-refractivity contribution >= 4 is 15.9 Å². The molecule has 1 aromatic rings. The lowest BCUT2D eigenvalue weighted by molar-refractivity contribution is 0.573. The lowest BCUT2D eigenvalue weighted by Gasteiger charge is -2.07. The van der Waals surface area contributed by atoms with Crippen LogP contribution in [0.15, 0.2) is 22.7 Å². The molecule has 90 valence electrons. The van der Waals surface area contributed by atoms with E-state index in [0.717, 1.165) is 29.5 Å². The van der Waals surface area contributed by atoms with Crippen molar-refractivity contribution in [2.45, 2.75) is 25.8 Å². The van der Waals surface area contributed by atoms with Gasteiger partial charge < -0.3 is 11.1 Å². The van der Waals surface area contributed by atoms with Gasteiger partial charge in [-0.3, -0.25) is 0 Å². The van der Waals surface area contributed by atoms with Gasteiger partial charge in [-0.05, 0) is 56.6 Å². The Balaban J connectivity index is 2.29. The van der Waals surface area contributed by atoms with E-state index in [0.29, 0.717) is 6.42 Å². The Kier molecular flexibility index (Phi) is 5.95. The molecule has 0 aliphatic carbocycles. The molecule has 0 amide bonds. The topological polar surface area (TPSA) is 38.0 Å². The summed E-state index contributed by atoms with van der Waals surface area (Å²) >= 11 is 3.33. The van der Waals surface area contributed by atoms with Crippen LogP contribution in [-0.2, 0) is 6.42 Å². The average Bonchev–Trinajstić information content (AvgIpc) is 2.22. The van der Waals surface area contributed by atoms with Crippen molar-refractivity contribution in [3.63, 3.8) is 0 Å². The van der Waals surface area contributed by atoms with E-state index >= 15 is 0 Å². The van der Waals surface area contributed by atoms with Crippen LogP contribution in [-0.4, -0.2) is 19.1 Å². The molecule has 1 rings (SSSR count). The summed E-state index contributed by atoms with van der Waals surface area (Å²) in [6.45, 7) is 3.64. The summed E-state index contributed by atoms with van der Waals surface area (Å²) in [6.07, 6.45) is 1.64. The fourth-order valence-electron chi connectivity index (χ4n) is 1.41. The second kappa shape index (κ2) is 6.99. The molecule has 0 radical (unpaired) electrons. The second-order valence-electron chi connectivity index (χ2n) is 4.00. The van der Waals surface area contributed by atoms with Gasteiger partial charge in [0.25, 0.3) is 0 Å². The zero-order valence-electron chi connectivity index (χ0n) is 9.47. The van der Waals surface area contributed by atoms with E-state index in [2.05, 4.69) is 21.2 Å². The molecule has 0 aromatic heterocycles. The first-order valence-electron chi connectivity index (χ1n) is 5.50. The van der Waals surface area contributed by atoms with Crippen LogP contribution in [0.25, 0.3) is 0 Å². The van der Waals surface area contributed by atoms with Gasteiger partial charge in [-0.25, -0.2) is 4.39 Å². The predicted octanol–water partition coefficient (Wildman–Crippen LogP) is 2.46. The first kappa shape index (κ1) is 13.6. The van der Waals surface area contributed by atoms with Crippen molar-refractivity contribution in [2.24, 2.45) is 5.73 Å².